The van der Waals surface area contributed by atoms with Crippen LogP contribution in [0.3, 0.4) is 0 Å². The van der Waals surface area contributed by atoms with Gasteiger partial charge in [-0.05, 0) is 35.9 Å². The van der Waals surface area contributed by atoms with Crippen molar-refractivity contribution in [2.75, 3.05) is 32.6 Å². The van der Waals surface area contributed by atoms with Gasteiger partial charge in [0.05, 0.1) is 19.3 Å². The van der Waals surface area contributed by atoms with Crippen LogP contribution < -0.4 is 14.4 Å². The third-order valence-electron chi connectivity index (χ3n) is 4.27. The average Bonchev–Trinajstić information content (AvgIpc) is 2.70. The first-order valence-corrected chi connectivity index (χ1v) is 8.60. The van der Waals surface area contributed by atoms with E-state index in [0.29, 0.717) is 11.4 Å². The smallest absolute Gasteiger partial charge is 0.265 e. The fourth-order valence-corrected chi connectivity index (χ4v) is 2.86. The van der Waals surface area contributed by atoms with E-state index < -0.39 is 6.10 Å². The number of para-hydroxylation sites is 2. The molecule has 0 fully saturated rings. The number of hydrogen-bond donors (Lipinski definition) is 0. The summed E-state index contributed by atoms with van der Waals surface area (Å²) in [5.41, 5.74) is 1.51. The molecule has 1 aliphatic heterocycles. The van der Waals surface area contributed by atoms with Gasteiger partial charge < -0.3 is 19.3 Å². The molecule has 0 aliphatic carbocycles. The minimum Gasteiger partial charge on any atom is -0.497 e. The summed E-state index contributed by atoms with van der Waals surface area (Å²) in [6.45, 7) is 0.162. The van der Waals surface area contributed by atoms with Gasteiger partial charge >= 0.3 is 0 Å². The van der Waals surface area contributed by atoms with E-state index in [1.54, 1.807) is 38.2 Å². The molecule has 140 valence electrons. The summed E-state index contributed by atoms with van der Waals surface area (Å²) in [6.07, 6.45) is 2.49. The van der Waals surface area contributed by atoms with Crippen LogP contribution in [0, 0.1) is 0 Å². The number of benzene rings is 2. The van der Waals surface area contributed by atoms with Gasteiger partial charge in [-0.3, -0.25) is 9.59 Å². The van der Waals surface area contributed by atoms with E-state index in [-0.39, 0.29) is 18.4 Å². The van der Waals surface area contributed by atoms with Gasteiger partial charge in [0.2, 0.25) is 0 Å². The maximum Gasteiger partial charge on any atom is 0.265 e. The van der Waals surface area contributed by atoms with E-state index in [4.69, 9.17) is 9.47 Å². The SMILES string of the molecule is COc1cccc(/C=C/C(=O)N2CC(C(=O)N(C)C)Oc3ccccc32)c1. The lowest BCUT2D eigenvalue weighted by Crippen LogP contribution is -2.50. The van der Waals surface area contributed by atoms with Crippen molar-refractivity contribution in [2.45, 2.75) is 6.10 Å². The van der Waals surface area contributed by atoms with Crippen molar-refractivity contribution in [3.63, 3.8) is 0 Å². The van der Waals surface area contributed by atoms with Gasteiger partial charge in [-0.25, -0.2) is 0 Å². The molecule has 3 rings (SSSR count). The Labute approximate surface area is 158 Å². The Balaban J connectivity index is 1.85. The molecule has 1 heterocycles. The van der Waals surface area contributed by atoms with Crippen LogP contribution in [0.4, 0.5) is 5.69 Å². The molecule has 1 aliphatic rings. The second kappa shape index (κ2) is 7.95. The monoisotopic (exact) mass is 366 g/mol. The average molecular weight is 366 g/mol. The van der Waals surface area contributed by atoms with Crippen LogP contribution in [0.2, 0.25) is 0 Å². The van der Waals surface area contributed by atoms with Gasteiger partial charge in [-0.2, -0.15) is 0 Å². The van der Waals surface area contributed by atoms with Crippen LogP contribution in [0.1, 0.15) is 5.56 Å². The highest BCUT2D eigenvalue weighted by molar-refractivity contribution is 6.05. The Hall–Kier alpha value is -3.28. The van der Waals surface area contributed by atoms with Crippen molar-refractivity contribution in [3.8, 4) is 11.5 Å². The van der Waals surface area contributed by atoms with Crippen molar-refractivity contribution in [1.82, 2.24) is 4.90 Å². The molecule has 0 bridgehead atoms. The molecule has 0 spiro atoms. The number of anilines is 1. The summed E-state index contributed by atoms with van der Waals surface area (Å²) in [7, 11) is 4.93. The largest absolute Gasteiger partial charge is 0.497 e. The minimum atomic E-state index is -0.732. The molecule has 6 heteroatoms. The van der Waals surface area contributed by atoms with Crippen LogP contribution in [0.25, 0.3) is 6.08 Å². The molecule has 2 aromatic rings. The van der Waals surface area contributed by atoms with Crippen molar-refractivity contribution in [3.05, 3.63) is 60.2 Å². The van der Waals surface area contributed by atoms with Gasteiger partial charge in [0.25, 0.3) is 11.8 Å². The molecule has 1 atom stereocenters. The number of hydrogen-bond acceptors (Lipinski definition) is 4. The number of amides is 2. The first-order chi connectivity index (χ1) is 13.0. The molecule has 0 saturated heterocycles. The Kier molecular flexibility index (Phi) is 5.45. The second-order valence-corrected chi connectivity index (χ2v) is 6.37. The van der Waals surface area contributed by atoms with Crippen LogP contribution in [-0.2, 0) is 9.59 Å². The summed E-state index contributed by atoms with van der Waals surface area (Å²) in [5, 5.41) is 0. The Bertz CT molecular complexity index is 876. The van der Waals surface area contributed by atoms with E-state index >= 15 is 0 Å². The van der Waals surface area contributed by atoms with E-state index in [2.05, 4.69) is 0 Å². The van der Waals surface area contributed by atoms with Crippen LogP contribution in [0.15, 0.2) is 54.6 Å². The molecule has 2 amide bonds. The molecular weight excluding hydrogens is 344 g/mol. The predicted octanol–water partition coefficient (Wildman–Crippen LogP) is 2.59. The summed E-state index contributed by atoms with van der Waals surface area (Å²) >= 11 is 0. The van der Waals surface area contributed by atoms with Crippen molar-refractivity contribution in [2.24, 2.45) is 0 Å². The number of ether oxygens (including phenoxy) is 2. The summed E-state index contributed by atoms with van der Waals surface area (Å²) in [4.78, 5) is 28.2. The van der Waals surface area contributed by atoms with Gasteiger partial charge in [0, 0.05) is 20.2 Å². The lowest BCUT2D eigenvalue weighted by atomic mass is 10.1. The molecule has 0 aromatic heterocycles. The van der Waals surface area contributed by atoms with Crippen LogP contribution in [0.5, 0.6) is 11.5 Å². The second-order valence-electron chi connectivity index (χ2n) is 6.37. The van der Waals surface area contributed by atoms with Gasteiger partial charge in [-0.1, -0.05) is 24.3 Å². The molecule has 0 N–H and O–H groups in total. The lowest BCUT2D eigenvalue weighted by Gasteiger charge is -2.34. The fraction of sp³-hybridized carbons (Fsp3) is 0.238. The normalized spacial score (nSPS) is 15.8. The lowest BCUT2D eigenvalue weighted by molar-refractivity contribution is -0.136. The zero-order valence-electron chi connectivity index (χ0n) is 15.6. The third kappa shape index (κ3) is 4.11. The third-order valence-corrected chi connectivity index (χ3v) is 4.27. The first kappa shape index (κ1) is 18.5. The highest BCUT2D eigenvalue weighted by Gasteiger charge is 2.33. The van der Waals surface area contributed by atoms with Crippen molar-refractivity contribution in [1.29, 1.82) is 0 Å². The molecule has 0 saturated carbocycles. The number of carbonyl (C=O) groups excluding carboxylic acids is 2. The standard InChI is InChI=1S/C21H22N2O4/c1-22(2)21(25)19-14-23(17-9-4-5-10-18(17)27-19)20(24)12-11-15-7-6-8-16(13-15)26-3/h4-13,19H,14H2,1-3H3/b12-11+. The number of methoxy groups -OCH3 is 1. The fourth-order valence-electron chi connectivity index (χ4n) is 2.86. The zero-order valence-corrected chi connectivity index (χ0v) is 15.6. The van der Waals surface area contributed by atoms with E-state index in [1.807, 2.05) is 42.5 Å². The van der Waals surface area contributed by atoms with Crippen molar-refractivity contribution < 1.29 is 19.1 Å². The summed E-state index contributed by atoms with van der Waals surface area (Å²) in [5.74, 6) is 0.842. The summed E-state index contributed by atoms with van der Waals surface area (Å²) < 4.78 is 11.0. The van der Waals surface area contributed by atoms with E-state index in [1.165, 1.54) is 11.0 Å². The maximum absolute atomic E-state index is 12.9. The first-order valence-electron chi connectivity index (χ1n) is 8.60. The van der Waals surface area contributed by atoms with E-state index in [9.17, 15) is 9.59 Å². The molecule has 0 radical (unpaired) electrons. The predicted molar refractivity (Wildman–Crippen MR) is 104 cm³/mol. The summed E-state index contributed by atoms with van der Waals surface area (Å²) in [6, 6.07) is 14.7. The number of fused-ring (bicyclic) bond motifs is 1. The Morgan fingerprint density at radius 2 is 1.96 bits per heavy atom. The van der Waals surface area contributed by atoms with Crippen LogP contribution >= 0.6 is 0 Å². The Morgan fingerprint density at radius 3 is 2.70 bits per heavy atom. The van der Waals surface area contributed by atoms with Gasteiger partial charge in [0.15, 0.2) is 6.10 Å². The van der Waals surface area contributed by atoms with E-state index in [0.717, 1.165) is 11.3 Å². The molecular formula is C21H22N2O4. The molecule has 2 aromatic carbocycles. The van der Waals surface area contributed by atoms with Crippen molar-refractivity contribution >= 4 is 23.6 Å². The van der Waals surface area contributed by atoms with Crippen LogP contribution in [-0.4, -0.2) is 50.6 Å². The zero-order chi connectivity index (χ0) is 19.4. The number of rotatable bonds is 4. The van der Waals surface area contributed by atoms with Gasteiger partial charge in [-0.15, -0.1) is 0 Å². The highest BCUT2D eigenvalue weighted by atomic mass is 16.5. The number of nitrogens with zero attached hydrogens (tertiary/aromatic N) is 2. The molecule has 1 unspecified atom stereocenters. The molecule has 6 nitrogen and oxygen atoms in total. The topological polar surface area (TPSA) is 59.1 Å². The maximum atomic E-state index is 12.9. The quantitative estimate of drug-likeness (QED) is 0.781. The number of carbonyl (C=O) groups is 2. The van der Waals surface area contributed by atoms with Gasteiger partial charge in [0.1, 0.15) is 11.5 Å². The Morgan fingerprint density at radius 1 is 1.19 bits per heavy atom. The molecule has 27 heavy (non-hydrogen) atoms. The number of likely N-dealkylation sites (N-methyl/N-ethyl adjacent to an activating group) is 1. The minimum absolute atomic E-state index is 0.162. The highest BCUT2D eigenvalue weighted by Crippen LogP contribution is 2.33.